The Morgan fingerprint density at radius 1 is 1.06 bits per heavy atom. The van der Waals surface area contributed by atoms with Crippen molar-refractivity contribution in [1.29, 1.82) is 0 Å². The van der Waals surface area contributed by atoms with Crippen LogP contribution >= 0.6 is 0 Å². The van der Waals surface area contributed by atoms with Crippen LogP contribution in [-0.4, -0.2) is 25.3 Å². The molecule has 162 valence electrons. The van der Waals surface area contributed by atoms with Crippen molar-refractivity contribution in [3.05, 3.63) is 59.0 Å². The minimum atomic E-state index is -0.751. The van der Waals surface area contributed by atoms with Crippen LogP contribution in [0.5, 0.6) is 11.5 Å². The van der Waals surface area contributed by atoms with E-state index in [1.165, 1.54) is 12.7 Å². The van der Waals surface area contributed by atoms with Gasteiger partial charge in [0.1, 0.15) is 29.4 Å². The third-order valence-corrected chi connectivity index (χ3v) is 5.62. The van der Waals surface area contributed by atoms with E-state index in [1.807, 2.05) is 18.2 Å². The lowest BCUT2D eigenvalue weighted by Gasteiger charge is -2.23. The van der Waals surface area contributed by atoms with Gasteiger partial charge < -0.3 is 18.6 Å². The molecule has 2 aromatic carbocycles. The number of fused-ring (bicyclic) bond motifs is 1. The zero-order chi connectivity index (χ0) is 21.8. The second-order valence-corrected chi connectivity index (χ2v) is 7.79. The fourth-order valence-corrected chi connectivity index (χ4v) is 3.93. The Morgan fingerprint density at radius 3 is 2.61 bits per heavy atom. The monoisotopic (exact) mass is 422 g/mol. The van der Waals surface area contributed by atoms with E-state index >= 15 is 0 Å². The number of benzene rings is 2. The molecule has 4 rings (SSSR count). The first-order chi connectivity index (χ1) is 15.1. The Labute approximate surface area is 180 Å². The van der Waals surface area contributed by atoms with Crippen LogP contribution in [0.1, 0.15) is 39.0 Å². The van der Waals surface area contributed by atoms with Gasteiger partial charge in [0.25, 0.3) is 0 Å². The van der Waals surface area contributed by atoms with E-state index in [2.05, 4.69) is 0 Å². The van der Waals surface area contributed by atoms with Gasteiger partial charge in [-0.15, -0.1) is 0 Å². The Morgan fingerprint density at radius 2 is 1.84 bits per heavy atom. The summed E-state index contributed by atoms with van der Waals surface area (Å²) < 4.78 is 22.4. The number of rotatable bonds is 6. The number of esters is 1. The molecule has 6 nitrogen and oxygen atoms in total. The number of hydrogen-bond donors (Lipinski definition) is 0. The molecule has 0 N–H and O–H groups in total. The molecule has 1 heterocycles. The highest BCUT2D eigenvalue weighted by molar-refractivity contribution is 5.84. The zero-order valence-corrected chi connectivity index (χ0v) is 17.8. The van der Waals surface area contributed by atoms with Crippen molar-refractivity contribution in [3.63, 3.8) is 0 Å². The van der Waals surface area contributed by atoms with Crippen LogP contribution in [0.2, 0.25) is 0 Å². The van der Waals surface area contributed by atoms with Gasteiger partial charge in [0, 0.05) is 11.6 Å². The van der Waals surface area contributed by atoms with E-state index in [0.29, 0.717) is 33.6 Å². The average Bonchev–Trinajstić information content (AvgIpc) is 2.80. The van der Waals surface area contributed by atoms with Crippen molar-refractivity contribution in [2.75, 3.05) is 7.11 Å². The molecule has 1 unspecified atom stereocenters. The fourth-order valence-electron chi connectivity index (χ4n) is 3.93. The first-order valence-corrected chi connectivity index (χ1v) is 10.6. The van der Waals surface area contributed by atoms with Crippen molar-refractivity contribution >= 4 is 16.9 Å². The Hall–Kier alpha value is -3.28. The summed E-state index contributed by atoms with van der Waals surface area (Å²) >= 11 is 0. The topological polar surface area (TPSA) is 75.0 Å². The van der Waals surface area contributed by atoms with Gasteiger partial charge in [-0.3, -0.25) is 4.79 Å². The summed E-state index contributed by atoms with van der Waals surface area (Å²) in [6.07, 6.45) is 5.85. The highest BCUT2D eigenvalue weighted by Gasteiger charge is 2.23. The summed E-state index contributed by atoms with van der Waals surface area (Å²) in [6.45, 7) is 1.66. The molecule has 0 bridgehead atoms. The van der Waals surface area contributed by atoms with E-state index in [1.54, 1.807) is 38.3 Å². The lowest BCUT2D eigenvalue weighted by Crippen LogP contribution is -2.31. The van der Waals surface area contributed by atoms with Gasteiger partial charge in [-0.2, -0.15) is 0 Å². The molecule has 0 spiro atoms. The van der Waals surface area contributed by atoms with Gasteiger partial charge in [0.15, 0.2) is 6.10 Å². The van der Waals surface area contributed by atoms with Crippen molar-refractivity contribution in [3.8, 4) is 22.6 Å². The number of carbonyl (C=O) groups excluding carboxylic acids is 1. The Balaban J connectivity index is 1.53. The first kappa shape index (κ1) is 21.0. The minimum Gasteiger partial charge on any atom is -0.496 e. The maximum absolute atomic E-state index is 13.0. The number of ether oxygens (including phenoxy) is 3. The molecule has 1 aliphatic carbocycles. The molecule has 0 aliphatic heterocycles. The van der Waals surface area contributed by atoms with Crippen LogP contribution in [0.4, 0.5) is 0 Å². The van der Waals surface area contributed by atoms with E-state index in [0.717, 1.165) is 25.7 Å². The van der Waals surface area contributed by atoms with Crippen molar-refractivity contribution < 1.29 is 23.4 Å². The summed E-state index contributed by atoms with van der Waals surface area (Å²) in [7, 11) is 1.56. The summed E-state index contributed by atoms with van der Waals surface area (Å²) in [5, 5.41) is 0.424. The lowest BCUT2D eigenvalue weighted by atomic mass is 9.98. The average molecular weight is 422 g/mol. The van der Waals surface area contributed by atoms with Gasteiger partial charge in [-0.25, -0.2) is 4.79 Å². The molecule has 0 radical (unpaired) electrons. The molecular weight excluding hydrogens is 396 g/mol. The lowest BCUT2D eigenvalue weighted by molar-refractivity contribution is -0.158. The minimum absolute atomic E-state index is 0.0182. The number of carbonyl (C=O) groups is 1. The summed E-state index contributed by atoms with van der Waals surface area (Å²) in [5.74, 6) is 0.660. The number of methoxy groups -OCH3 is 1. The van der Waals surface area contributed by atoms with Crippen molar-refractivity contribution in [2.24, 2.45) is 0 Å². The van der Waals surface area contributed by atoms with Crippen LogP contribution in [-0.2, 0) is 9.53 Å². The molecule has 0 saturated heterocycles. The fraction of sp³-hybridized carbons (Fsp3) is 0.360. The quantitative estimate of drug-likeness (QED) is 0.514. The maximum Gasteiger partial charge on any atom is 0.347 e. The number of para-hydroxylation sites is 1. The molecule has 1 aromatic heterocycles. The van der Waals surface area contributed by atoms with Gasteiger partial charge in [0.2, 0.25) is 5.43 Å². The molecule has 3 aromatic rings. The normalized spacial score (nSPS) is 15.4. The molecule has 1 saturated carbocycles. The van der Waals surface area contributed by atoms with Gasteiger partial charge in [-0.05, 0) is 50.8 Å². The smallest absolute Gasteiger partial charge is 0.347 e. The highest BCUT2D eigenvalue weighted by atomic mass is 16.6. The molecule has 0 amide bonds. The Bertz CT molecular complexity index is 1130. The van der Waals surface area contributed by atoms with Crippen LogP contribution in [0.3, 0.4) is 0 Å². The number of hydrogen-bond acceptors (Lipinski definition) is 6. The van der Waals surface area contributed by atoms with Crippen molar-refractivity contribution in [1.82, 2.24) is 0 Å². The second kappa shape index (κ2) is 9.25. The largest absolute Gasteiger partial charge is 0.496 e. The van der Waals surface area contributed by atoms with Crippen molar-refractivity contribution in [2.45, 2.75) is 51.2 Å². The molecule has 31 heavy (non-hydrogen) atoms. The second-order valence-electron chi connectivity index (χ2n) is 7.79. The van der Waals surface area contributed by atoms with Gasteiger partial charge in [-0.1, -0.05) is 24.6 Å². The zero-order valence-electron chi connectivity index (χ0n) is 17.8. The highest BCUT2D eigenvalue weighted by Crippen LogP contribution is 2.29. The van der Waals surface area contributed by atoms with Gasteiger partial charge in [0.05, 0.1) is 18.1 Å². The van der Waals surface area contributed by atoms with Gasteiger partial charge >= 0.3 is 5.97 Å². The summed E-state index contributed by atoms with van der Waals surface area (Å²) in [5.41, 5.74) is 1.30. The SMILES string of the molecule is COc1ccccc1-c1coc2cc(OC(C)C(=O)OC3CCCCC3)ccc2c1=O. The third-order valence-electron chi connectivity index (χ3n) is 5.62. The summed E-state index contributed by atoms with van der Waals surface area (Å²) in [4.78, 5) is 25.4. The first-order valence-electron chi connectivity index (χ1n) is 10.6. The predicted octanol–water partition coefficient (Wildman–Crippen LogP) is 5.11. The predicted molar refractivity (Wildman–Crippen MR) is 118 cm³/mol. The van der Waals surface area contributed by atoms with Crippen LogP contribution < -0.4 is 14.9 Å². The van der Waals surface area contributed by atoms with E-state index in [-0.39, 0.29) is 17.5 Å². The summed E-state index contributed by atoms with van der Waals surface area (Å²) in [6, 6.07) is 12.2. The van der Waals surface area contributed by atoms with Crippen LogP contribution in [0.25, 0.3) is 22.1 Å². The van der Waals surface area contributed by atoms with E-state index < -0.39 is 6.10 Å². The third kappa shape index (κ3) is 4.58. The standard InChI is InChI=1S/C25H26O6/c1-16(25(27)31-17-8-4-3-5-9-17)30-18-12-13-20-23(14-18)29-15-21(24(20)26)19-10-6-7-11-22(19)28-2/h6-7,10-17H,3-5,8-9H2,1-2H3. The molecular formula is C25H26O6. The van der Waals surface area contributed by atoms with Crippen LogP contribution in [0.15, 0.2) is 57.9 Å². The Kier molecular flexibility index (Phi) is 6.26. The van der Waals surface area contributed by atoms with E-state index in [4.69, 9.17) is 18.6 Å². The van der Waals surface area contributed by atoms with Crippen LogP contribution in [0, 0.1) is 0 Å². The molecule has 6 heteroatoms. The maximum atomic E-state index is 13.0. The molecule has 1 aliphatic rings. The molecule has 1 atom stereocenters. The van der Waals surface area contributed by atoms with E-state index in [9.17, 15) is 9.59 Å². The molecule has 1 fully saturated rings.